The highest BCUT2D eigenvalue weighted by molar-refractivity contribution is 14.1. The highest BCUT2D eigenvalue weighted by Gasteiger charge is 2.03. The molecule has 5 heteroatoms. The highest BCUT2D eigenvalue weighted by atomic mass is 127. The third-order valence-electron chi connectivity index (χ3n) is 2.03. The molecule has 16 heavy (non-hydrogen) atoms. The van der Waals surface area contributed by atoms with Crippen molar-refractivity contribution in [3.05, 3.63) is 57.2 Å². The van der Waals surface area contributed by atoms with Crippen molar-refractivity contribution in [3.8, 4) is 0 Å². The number of aryl methyl sites for hydroxylation is 1. The number of aromatic nitrogens is 2. The van der Waals surface area contributed by atoms with Crippen molar-refractivity contribution in [1.82, 2.24) is 4.98 Å². The summed E-state index contributed by atoms with van der Waals surface area (Å²) in [6.45, 7) is 1.90. The topological polar surface area (TPSA) is 30.9 Å². The number of hydrogen-bond acceptors (Lipinski definition) is 1. The Hall–Kier alpha value is -1.24. The molecule has 0 aliphatic rings. The van der Waals surface area contributed by atoms with Crippen LogP contribution < -0.4 is 4.68 Å². The average Bonchev–Trinajstić information content (AvgIpc) is 2.25. The molecular formula is C11H9FIN3. The van der Waals surface area contributed by atoms with E-state index in [9.17, 15) is 4.39 Å². The molecule has 3 nitrogen and oxygen atoms in total. The summed E-state index contributed by atoms with van der Waals surface area (Å²) < 4.78 is 15.8. The van der Waals surface area contributed by atoms with Crippen LogP contribution in [0.5, 0.6) is 0 Å². The van der Waals surface area contributed by atoms with Crippen LogP contribution in [-0.4, -0.2) is 4.98 Å². The van der Waals surface area contributed by atoms with Crippen molar-refractivity contribution in [1.29, 1.82) is 0 Å². The maximum Gasteiger partial charge on any atom is 0.191 e. The van der Waals surface area contributed by atoms with Gasteiger partial charge in [0.25, 0.3) is 0 Å². The monoisotopic (exact) mass is 329 g/mol. The summed E-state index contributed by atoms with van der Waals surface area (Å²) in [4.78, 5) is 3.94. The summed E-state index contributed by atoms with van der Waals surface area (Å²) >= 11 is 2.01. The Morgan fingerprint density at radius 2 is 2.25 bits per heavy atom. The van der Waals surface area contributed by atoms with E-state index in [1.165, 1.54) is 6.07 Å². The molecule has 0 aliphatic carbocycles. The summed E-state index contributed by atoms with van der Waals surface area (Å²) in [5.74, 6) is -0.317. The van der Waals surface area contributed by atoms with E-state index in [-0.39, 0.29) is 5.82 Å². The number of hydrogen-bond donors (Lipinski definition) is 0. The Kier molecular flexibility index (Phi) is 3.33. The zero-order valence-corrected chi connectivity index (χ0v) is 10.7. The van der Waals surface area contributed by atoms with Crippen LogP contribution in [-0.2, 0) is 0 Å². The van der Waals surface area contributed by atoms with Crippen LogP contribution in [0.3, 0.4) is 0 Å². The number of rotatable bonds is 2. The molecule has 0 atom stereocenters. The molecular weight excluding hydrogens is 320 g/mol. The molecule has 0 bridgehead atoms. The summed E-state index contributed by atoms with van der Waals surface area (Å²) in [5, 5.41) is 0. The lowest BCUT2D eigenvalue weighted by molar-refractivity contribution is -0.626. The standard InChI is InChI=1S/C11H9FIN3/c1-8-4-2-3-5-16(8)15-11-10(12)6-9(13)7-14-11/h2-7H,1H3. The number of pyridine rings is 2. The van der Waals surface area contributed by atoms with E-state index in [0.29, 0.717) is 0 Å². The first-order valence-electron chi connectivity index (χ1n) is 4.67. The van der Waals surface area contributed by atoms with Crippen LogP contribution in [0.4, 0.5) is 10.2 Å². The maximum absolute atomic E-state index is 13.5. The lowest BCUT2D eigenvalue weighted by Crippen LogP contribution is -2.31. The van der Waals surface area contributed by atoms with E-state index in [1.54, 1.807) is 17.1 Å². The normalized spacial score (nSPS) is 10.2. The van der Waals surface area contributed by atoms with Crippen molar-refractivity contribution in [2.75, 3.05) is 0 Å². The zero-order chi connectivity index (χ0) is 11.5. The Bertz CT molecular complexity index is 516. The van der Waals surface area contributed by atoms with Gasteiger partial charge >= 0.3 is 0 Å². The molecule has 0 radical (unpaired) electrons. The quantitative estimate of drug-likeness (QED) is 0.616. The third-order valence-corrected chi connectivity index (χ3v) is 2.62. The molecule has 0 spiro atoms. The fourth-order valence-electron chi connectivity index (χ4n) is 1.22. The van der Waals surface area contributed by atoms with Crippen molar-refractivity contribution in [2.24, 2.45) is 0 Å². The minimum Gasteiger partial charge on any atom is -0.435 e. The van der Waals surface area contributed by atoms with Gasteiger partial charge in [0.15, 0.2) is 11.9 Å². The van der Waals surface area contributed by atoms with Crippen molar-refractivity contribution in [2.45, 2.75) is 6.92 Å². The second-order valence-electron chi connectivity index (χ2n) is 3.25. The second kappa shape index (κ2) is 4.73. The van der Waals surface area contributed by atoms with Gasteiger partial charge in [0.05, 0.1) is 0 Å². The Balaban J connectivity index is 2.31. The molecule has 2 heterocycles. The van der Waals surface area contributed by atoms with Gasteiger partial charge in [-0.05, 0) is 28.7 Å². The van der Waals surface area contributed by atoms with Crippen LogP contribution in [0.1, 0.15) is 5.69 Å². The Morgan fingerprint density at radius 3 is 2.94 bits per heavy atom. The van der Waals surface area contributed by atoms with Gasteiger partial charge in [0.1, 0.15) is 5.82 Å². The van der Waals surface area contributed by atoms with Crippen LogP contribution >= 0.6 is 22.6 Å². The predicted octanol–water partition coefficient (Wildman–Crippen LogP) is 2.89. The van der Waals surface area contributed by atoms with Crippen LogP contribution in [0.15, 0.2) is 36.7 Å². The van der Waals surface area contributed by atoms with E-state index < -0.39 is 5.82 Å². The van der Waals surface area contributed by atoms with E-state index in [0.717, 1.165) is 9.26 Å². The van der Waals surface area contributed by atoms with Gasteiger partial charge in [-0.15, -0.1) is 4.68 Å². The van der Waals surface area contributed by atoms with E-state index in [2.05, 4.69) is 10.4 Å². The van der Waals surface area contributed by atoms with Crippen molar-refractivity contribution < 1.29 is 9.07 Å². The smallest absolute Gasteiger partial charge is 0.191 e. The molecule has 0 aromatic carbocycles. The van der Waals surface area contributed by atoms with Crippen LogP contribution in [0.2, 0.25) is 0 Å². The molecule has 0 N–H and O–H groups in total. The highest BCUT2D eigenvalue weighted by Crippen LogP contribution is 2.18. The van der Waals surface area contributed by atoms with Gasteiger partial charge in [-0.3, -0.25) is 0 Å². The number of nitrogens with zero attached hydrogens (tertiary/aromatic N) is 3. The molecule has 2 aromatic heterocycles. The molecule has 0 fully saturated rings. The molecule has 0 saturated heterocycles. The SMILES string of the molecule is Cc1cccc[n+]1[N-]c1ncc(I)cc1F. The molecule has 0 amide bonds. The van der Waals surface area contributed by atoms with E-state index in [4.69, 9.17) is 0 Å². The summed E-state index contributed by atoms with van der Waals surface area (Å²) in [6, 6.07) is 7.04. The zero-order valence-electron chi connectivity index (χ0n) is 8.56. The largest absolute Gasteiger partial charge is 0.435 e. The van der Waals surface area contributed by atoms with E-state index >= 15 is 0 Å². The van der Waals surface area contributed by atoms with Gasteiger partial charge < -0.3 is 4.98 Å². The van der Waals surface area contributed by atoms with E-state index in [1.807, 2.05) is 47.7 Å². The summed E-state index contributed by atoms with van der Waals surface area (Å²) in [5.41, 5.74) is 5.03. The Labute approximate surface area is 106 Å². The van der Waals surface area contributed by atoms with Crippen LogP contribution in [0.25, 0.3) is 5.43 Å². The Morgan fingerprint density at radius 1 is 1.44 bits per heavy atom. The van der Waals surface area contributed by atoms with Crippen LogP contribution in [0, 0.1) is 16.3 Å². The first-order chi connectivity index (χ1) is 7.66. The van der Waals surface area contributed by atoms with Gasteiger partial charge in [0.2, 0.25) is 0 Å². The van der Waals surface area contributed by atoms with Gasteiger partial charge in [-0.2, -0.15) is 5.43 Å². The molecule has 0 saturated carbocycles. The fourth-order valence-corrected chi connectivity index (χ4v) is 1.63. The summed E-state index contributed by atoms with van der Waals surface area (Å²) in [6.07, 6.45) is 3.34. The van der Waals surface area contributed by atoms with Crippen molar-refractivity contribution in [3.63, 3.8) is 0 Å². The lowest BCUT2D eigenvalue weighted by Gasteiger charge is -2.10. The van der Waals surface area contributed by atoms with Gasteiger partial charge in [0, 0.05) is 28.4 Å². The minimum absolute atomic E-state index is 0.0970. The van der Waals surface area contributed by atoms with Crippen molar-refractivity contribution >= 4 is 28.4 Å². The maximum atomic E-state index is 13.5. The molecule has 2 rings (SSSR count). The van der Waals surface area contributed by atoms with Gasteiger partial charge in [-0.25, -0.2) is 4.39 Å². The summed E-state index contributed by atoms with van der Waals surface area (Å²) in [7, 11) is 0. The fraction of sp³-hybridized carbons (Fsp3) is 0.0909. The predicted molar refractivity (Wildman–Crippen MR) is 66.7 cm³/mol. The molecule has 0 aliphatic heterocycles. The van der Waals surface area contributed by atoms with Gasteiger partial charge in [-0.1, -0.05) is 12.3 Å². The molecule has 0 unspecified atom stereocenters. The number of halogens is 2. The first kappa shape index (κ1) is 11.3. The third kappa shape index (κ3) is 2.46. The minimum atomic E-state index is -0.414. The molecule has 82 valence electrons. The lowest BCUT2D eigenvalue weighted by atomic mass is 10.4. The second-order valence-corrected chi connectivity index (χ2v) is 4.49. The average molecular weight is 329 g/mol. The molecule has 2 aromatic rings. The first-order valence-corrected chi connectivity index (χ1v) is 5.75.